The van der Waals surface area contributed by atoms with E-state index in [4.69, 9.17) is 4.74 Å². The number of carbonyl (C=O) groups is 1. The molecule has 2 saturated heterocycles. The van der Waals surface area contributed by atoms with Crippen molar-refractivity contribution >= 4 is 6.03 Å². The molecule has 2 aliphatic heterocycles. The average Bonchev–Trinajstić information content (AvgIpc) is 2.59. The molecule has 6 heteroatoms. The Morgan fingerprint density at radius 3 is 2.43 bits per heavy atom. The highest BCUT2D eigenvalue weighted by molar-refractivity contribution is 5.74. The first kappa shape index (κ1) is 16.2. The number of hydrogen-bond acceptors (Lipinski definition) is 3. The van der Waals surface area contributed by atoms with Crippen LogP contribution in [0.1, 0.15) is 18.4 Å². The summed E-state index contributed by atoms with van der Waals surface area (Å²) in [5, 5.41) is 3.14. The SMILES string of the molecule is O=C(NC1CCN(Cc2ccc(F)cc2)CC1)N1CCOCC1. The molecule has 0 unspecified atom stereocenters. The van der Waals surface area contributed by atoms with Gasteiger partial charge in [0.05, 0.1) is 13.2 Å². The van der Waals surface area contributed by atoms with E-state index in [1.54, 1.807) is 0 Å². The summed E-state index contributed by atoms with van der Waals surface area (Å²) >= 11 is 0. The fraction of sp³-hybridized carbons (Fsp3) is 0.588. The van der Waals surface area contributed by atoms with Crippen LogP contribution in [0.3, 0.4) is 0 Å². The smallest absolute Gasteiger partial charge is 0.317 e. The maximum Gasteiger partial charge on any atom is 0.317 e. The van der Waals surface area contributed by atoms with Gasteiger partial charge in [0.2, 0.25) is 0 Å². The molecule has 1 N–H and O–H groups in total. The van der Waals surface area contributed by atoms with Gasteiger partial charge < -0.3 is 15.0 Å². The van der Waals surface area contributed by atoms with E-state index < -0.39 is 0 Å². The predicted molar refractivity (Wildman–Crippen MR) is 85.6 cm³/mol. The van der Waals surface area contributed by atoms with Crippen molar-refractivity contribution in [2.75, 3.05) is 39.4 Å². The van der Waals surface area contributed by atoms with Gasteiger partial charge in [0.1, 0.15) is 5.82 Å². The highest BCUT2D eigenvalue weighted by atomic mass is 19.1. The number of urea groups is 1. The lowest BCUT2D eigenvalue weighted by molar-refractivity contribution is 0.0516. The fourth-order valence-electron chi connectivity index (χ4n) is 3.12. The molecule has 3 rings (SSSR count). The number of amides is 2. The Bertz CT molecular complexity index is 509. The van der Waals surface area contributed by atoms with Crippen LogP contribution in [0.4, 0.5) is 9.18 Å². The molecule has 0 radical (unpaired) electrons. The monoisotopic (exact) mass is 321 g/mol. The van der Waals surface area contributed by atoms with E-state index in [0.717, 1.165) is 38.0 Å². The zero-order valence-electron chi connectivity index (χ0n) is 13.3. The predicted octanol–water partition coefficient (Wildman–Crippen LogP) is 1.83. The molecular weight excluding hydrogens is 297 g/mol. The second kappa shape index (κ2) is 7.75. The van der Waals surface area contributed by atoms with Crippen molar-refractivity contribution in [1.29, 1.82) is 0 Å². The quantitative estimate of drug-likeness (QED) is 0.924. The number of ether oxygens (including phenoxy) is 1. The molecule has 0 bridgehead atoms. The van der Waals surface area contributed by atoms with Gasteiger partial charge in [-0.3, -0.25) is 4.90 Å². The Hall–Kier alpha value is -1.66. The highest BCUT2D eigenvalue weighted by Crippen LogP contribution is 2.15. The zero-order valence-corrected chi connectivity index (χ0v) is 13.3. The number of carbonyl (C=O) groups excluding carboxylic acids is 1. The van der Waals surface area contributed by atoms with Gasteiger partial charge in [-0.25, -0.2) is 9.18 Å². The minimum atomic E-state index is -0.196. The lowest BCUT2D eigenvalue weighted by Crippen LogP contribution is -2.51. The Labute approximate surface area is 136 Å². The molecule has 126 valence electrons. The van der Waals surface area contributed by atoms with Gasteiger partial charge >= 0.3 is 6.03 Å². The fourth-order valence-corrected chi connectivity index (χ4v) is 3.12. The third kappa shape index (κ3) is 4.65. The normalized spacial score (nSPS) is 20.5. The minimum absolute atomic E-state index is 0.0327. The zero-order chi connectivity index (χ0) is 16.1. The summed E-state index contributed by atoms with van der Waals surface area (Å²) in [5.41, 5.74) is 1.13. The van der Waals surface area contributed by atoms with Crippen molar-refractivity contribution in [3.05, 3.63) is 35.6 Å². The number of nitrogens with zero attached hydrogens (tertiary/aromatic N) is 2. The first-order valence-corrected chi connectivity index (χ1v) is 8.31. The maximum absolute atomic E-state index is 12.9. The lowest BCUT2D eigenvalue weighted by atomic mass is 10.0. The van der Waals surface area contributed by atoms with Crippen LogP contribution < -0.4 is 5.32 Å². The third-order valence-electron chi connectivity index (χ3n) is 4.53. The van der Waals surface area contributed by atoms with Crippen molar-refractivity contribution in [2.45, 2.75) is 25.4 Å². The van der Waals surface area contributed by atoms with Crippen molar-refractivity contribution in [3.8, 4) is 0 Å². The Morgan fingerprint density at radius 1 is 1.13 bits per heavy atom. The number of likely N-dealkylation sites (tertiary alicyclic amines) is 1. The summed E-state index contributed by atoms with van der Waals surface area (Å²) in [6.45, 7) is 5.35. The van der Waals surface area contributed by atoms with Crippen molar-refractivity contribution < 1.29 is 13.9 Å². The Kier molecular flexibility index (Phi) is 5.46. The molecule has 2 amide bonds. The summed E-state index contributed by atoms with van der Waals surface area (Å²) in [7, 11) is 0. The second-order valence-electron chi connectivity index (χ2n) is 6.23. The molecule has 0 saturated carbocycles. The van der Waals surface area contributed by atoms with Crippen LogP contribution in [0.25, 0.3) is 0 Å². The maximum atomic E-state index is 12.9. The molecule has 0 aromatic heterocycles. The van der Waals surface area contributed by atoms with Crippen LogP contribution in [0.15, 0.2) is 24.3 Å². The molecule has 1 aromatic rings. The van der Waals surface area contributed by atoms with Gasteiger partial charge in [-0.2, -0.15) is 0 Å². The molecule has 23 heavy (non-hydrogen) atoms. The molecule has 1 aromatic carbocycles. The van der Waals surface area contributed by atoms with E-state index in [9.17, 15) is 9.18 Å². The highest BCUT2D eigenvalue weighted by Gasteiger charge is 2.23. The van der Waals surface area contributed by atoms with Gasteiger partial charge in [0, 0.05) is 38.8 Å². The summed E-state index contributed by atoms with van der Waals surface area (Å²) in [6, 6.07) is 6.96. The van der Waals surface area contributed by atoms with Crippen LogP contribution in [0, 0.1) is 5.82 Å². The Morgan fingerprint density at radius 2 is 1.78 bits per heavy atom. The number of piperidine rings is 1. The van der Waals surface area contributed by atoms with Gasteiger partial charge in [-0.05, 0) is 30.5 Å². The van der Waals surface area contributed by atoms with Crippen LogP contribution in [0.5, 0.6) is 0 Å². The van der Waals surface area contributed by atoms with Crippen molar-refractivity contribution in [3.63, 3.8) is 0 Å². The standard InChI is InChI=1S/C17H24FN3O2/c18-15-3-1-14(2-4-15)13-20-7-5-16(6-8-20)19-17(22)21-9-11-23-12-10-21/h1-4,16H,5-13H2,(H,19,22). The molecule has 2 aliphatic rings. The van der Waals surface area contributed by atoms with Crippen molar-refractivity contribution in [1.82, 2.24) is 15.1 Å². The van der Waals surface area contributed by atoms with E-state index >= 15 is 0 Å². The number of hydrogen-bond donors (Lipinski definition) is 1. The van der Waals surface area contributed by atoms with Gasteiger partial charge in [-0.15, -0.1) is 0 Å². The average molecular weight is 321 g/mol. The number of rotatable bonds is 3. The summed E-state index contributed by atoms with van der Waals surface area (Å²) < 4.78 is 18.2. The first-order valence-electron chi connectivity index (χ1n) is 8.31. The first-order chi connectivity index (χ1) is 11.2. The van der Waals surface area contributed by atoms with E-state index in [1.165, 1.54) is 12.1 Å². The molecular formula is C17H24FN3O2. The minimum Gasteiger partial charge on any atom is -0.378 e. The van der Waals surface area contributed by atoms with Gasteiger partial charge in [0.15, 0.2) is 0 Å². The third-order valence-corrected chi connectivity index (χ3v) is 4.53. The van der Waals surface area contributed by atoms with Crippen LogP contribution in [-0.2, 0) is 11.3 Å². The van der Waals surface area contributed by atoms with Crippen molar-refractivity contribution in [2.24, 2.45) is 0 Å². The lowest BCUT2D eigenvalue weighted by Gasteiger charge is -2.34. The number of morpholine rings is 1. The molecule has 0 atom stereocenters. The van der Waals surface area contributed by atoms with Gasteiger partial charge in [-0.1, -0.05) is 12.1 Å². The van der Waals surface area contributed by atoms with E-state index in [1.807, 2.05) is 17.0 Å². The molecule has 5 nitrogen and oxygen atoms in total. The van der Waals surface area contributed by atoms with Crippen LogP contribution >= 0.6 is 0 Å². The molecule has 2 heterocycles. The molecule has 2 fully saturated rings. The summed E-state index contributed by atoms with van der Waals surface area (Å²) in [5.74, 6) is -0.196. The van der Waals surface area contributed by atoms with Crippen LogP contribution in [-0.4, -0.2) is 61.3 Å². The summed E-state index contributed by atoms with van der Waals surface area (Å²) in [6.07, 6.45) is 1.91. The van der Waals surface area contributed by atoms with Crippen LogP contribution in [0.2, 0.25) is 0 Å². The number of nitrogens with one attached hydrogen (secondary N) is 1. The molecule has 0 spiro atoms. The van der Waals surface area contributed by atoms with Gasteiger partial charge in [0.25, 0.3) is 0 Å². The topological polar surface area (TPSA) is 44.8 Å². The molecule has 0 aliphatic carbocycles. The Balaban J connectivity index is 1.41. The second-order valence-corrected chi connectivity index (χ2v) is 6.23. The largest absolute Gasteiger partial charge is 0.378 e. The van der Waals surface area contributed by atoms with E-state index in [-0.39, 0.29) is 17.9 Å². The number of benzene rings is 1. The summed E-state index contributed by atoms with van der Waals surface area (Å²) in [4.78, 5) is 16.4. The number of halogens is 1. The van der Waals surface area contributed by atoms with E-state index in [2.05, 4.69) is 10.2 Å². The van der Waals surface area contributed by atoms with E-state index in [0.29, 0.717) is 26.3 Å².